The molecule has 0 amide bonds. The standard InChI is InChI=1S/C18H17BrN2/c1-18(2)14-5-3-4-6-16(14)21-17(18)13-10-20-15-8-7-11(19)9-12(13)15/h3-10,17,20-21H,1-2H3. The zero-order chi connectivity index (χ0) is 14.6. The van der Waals surface area contributed by atoms with Crippen LogP contribution in [-0.2, 0) is 5.41 Å². The van der Waals surface area contributed by atoms with Crippen molar-refractivity contribution in [3.63, 3.8) is 0 Å². The highest BCUT2D eigenvalue weighted by molar-refractivity contribution is 9.10. The van der Waals surface area contributed by atoms with Crippen molar-refractivity contribution < 1.29 is 0 Å². The van der Waals surface area contributed by atoms with Crippen molar-refractivity contribution in [1.29, 1.82) is 0 Å². The molecule has 1 aromatic heterocycles. The van der Waals surface area contributed by atoms with Crippen molar-refractivity contribution in [1.82, 2.24) is 4.98 Å². The lowest BCUT2D eigenvalue weighted by atomic mass is 9.78. The molecule has 2 N–H and O–H groups in total. The van der Waals surface area contributed by atoms with Gasteiger partial charge in [0.05, 0.1) is 6.04 Å². The van der Waals surface area contributed by atoms with Crippen LogP contribution in [0.2, 0.25) is 0 Å². The Balaban J connectivity index is 1.89. The smallest absolute Gasteiger partial charge is 0.0626 e. The van der Waals surface area contributed by atoms with Crippen molar-refractivity contribution in [2.24, 2.45) is 0 Å². The van der Waals surface area contributed by atoms with Gasteiger partial charge in [0.1, 0.15) is 0 Å². The van der Waals surface area contributed by atoms with E-state index < -0.39 is 0 Å². The highest BCUT2D eigenvalue weighted by Crippen LogP contribution is 2.49. The Morgan fingerprint density at radius 3 is 2.71 bits per heavy atom. The highest BCUT2D eigenvalue weighted by Gasteiger charge is 2.40. The number of rotatable bonds is 1. The largest absolute Gasteiger partial charge is 0.377 e. The van der Waals surface area contributed by atoms with E-state index in [0.717, 1.165) is 4.47 Å². The summed E-state index contributed by atoms with van der Waals surface area (Å²) in [6, 6.07) is 15.3. The third kappa shape index (κ3) is 1.84. The summed E-state index contributed by atoms with van der Waals surface area (Å²) in [6.45, 7) is 4.63. The van der Waals surface area contributed by atoms with Crippen LogP contribution in [0.5, 0.6) is 0 Å². The van der Waals surface area contributed by atoms with E-state index in [2.05, 4.69) is 88.7 Å². The zero-order valence-corrected chi connectivity index (χ0v) is 13.7. The molecule has 106 valence electrons. The Morgan fingerprint density at radius 1 is 1.10 bits per heavy atom. The zero-order valence-electron chi connectivity index (χ0n) is 12.1. The highest BCUT2D eigenvalue weighted by atomic mass is 79.9. The topological polar surface area (TPSA) is 27.8 Å². The number of H-pyrrole nitrogens is 1. The van der Waals surface area contributed by atoms with Crippen LogP contribution in [0.4, 0.5) is 5.69 Å². The average Bonchev–Trinajstić information content (AvgIpc) is 2.98. The van der Waals surface area contributed by atoms with Crippen LogP contribution in [0.15, 0.2) is 53.1 Å². The van der Waals surface area contributed by atoms with E-state index in [1.54, 1.807) is 0 Å². The predicted molar refractivity (Wildman–Crippen MR) is 91.8 cm³/mol. The van der Waals surface area contributed by atoms with E-state index in [-0.39, 0.29) is 11.5 Å². The van der Waals surface area contributed by atoms with E-state index in [9.17, 15) is 0 Å². The van der Waals surface area contributed by atoms with Gasteiger partial charge in [-0.1, -0.05) is 48.0 Å². The Bertz CT molecular complexity index is 832. The lowest BCUT2D eigenvalue weighted by Crippen LogP contribution is -2.25. The van der Waals surface area contributed by atoms with Gasteiger partial charge in [-0.15, -0.1) is 0 Å². The number of aromatic nitrogens is 1. The van der Waals surface area contributed by atoms with Crippen LogP contribution in [-0.4, -0.2) is 4.98 Å². The van der Waals surface area contributed by atoms with Gasteiger partial charge >= 0.3 is 0 Å². The summed E-state index contributed by atoms with van der Waals surface area (Å²) in [7, 11) is 0. The van der Waals surface area contributed by atoms with E-state index in [1.165, 1.54) is 27.7 Å². The first kappa shape index (κ1) is 13.0. The molecule has 3 aromatic rings. The molecule has 2 aromatic carbocycles. The molecule has 2 heterocycles. The van der Waals surface area contributed by atoms with Gasteiger partial charge in [0, 0.05) is 38.2 Å². The van der Waals surface area contributed by atoms with Crippen LogP contribution in [0, 0.1) is 0 Å². The van der Waals surface area contributed by atoms with Crippen LogP contribution in [0.3, 0.4) is 0 Å². The molecule has 0 aliphatic carbocycles. The number of hydrogen-bond donors (Lipinski definition) is 2. The SMILES string of the molecule is CC1(C)c2ccccc2NC1c1c[nH]c2ccc(Br)cc12. The second-order valence-corrected chi connectivity index (χ2v) is 7.19. The molecule has 1 atom stereocenters. The first-order chi connectivity index (χ1) is 10.1. The second-order valence-electron chi connectivity index (χ2n) is 6.28. The molecule has 21 heavy (non-hydrogen) atoms. The van der Waals surface area contributed by atoms with Gasteiger partial charge in [-0.25, -0.2) is 0 Å². The molecule has 2 nitrogen and oxygen atoms in total. The third-order valence-corrected chi connectivity index (χ3v) is 5.12. The van der Waals surface area contributed by atoms with Crippen LogP contribution in [0.1, 0.15) is 31.0 Å². The predicted octanol–water partition coefficient (Wildman–Crippen LogP) is 5.37. The van der Waals surface area contributed by atoms with E-state index in [4.69, 9.17) is 0 Å². The van der Waals surface area contributed by atoms with Crippen molar-refractivity contribution in [2.45, 2.75) is 25.3 Å². The first-order valence-corrected chi connectivity index (χ1v) is 7.99. The van der Waals surface area contributed by atoms with Crippen LogP contribution in [0.25, 0.3) is 10.9 Å². The normalized spacial score (nSPS) is 19.5. The fourth-order valence-corrected chi connectivity index (χ4v) is 3.84. The molecule has 0 saturated heterocycles. The molecular weight excluding hydrogens is 324 g/mol. The fourth-order valence-electron chi connectivity index (χ4n) is 3.48. The number of nitrogens with one attached hydrogen (secondary N) is 2. The summed E-state index contributed by atoms with van der Waals surface area (Å²) < 4.78 is 1.11. The molecule has 1 aliphatic rings. The molecular formula is C18H17BrN2. The van der Waals surface area contributed by atoms with E-state index in [1.807, 2.05) is 0 Å². The maximum absolute atomic E-state index is 3.70. The van der Waals surface area contributed by atoms with Gasteiger partial charge in [-0.05, 0) is 29.8 Å². The van der Waals surface area contributed by atoms with Crippen molar-refractivity contribution in [3.05, 3.63) is 64.3 Å². The average molecular weight is 341 g/mol. The Hall–Kier alpha value is -1.74. The first-order valence-electron chi connectivity index (χ1n) is 7.20. The van der Waals surface area contributed by atoms with Crippen molar-refractivity contribution in [3.8, 4) is 0 Å². The van der Waals surface area contributed by atoms with Gasteiger partial charge in [-0.3, -0.25) is 0 Å². The summed E-state index contributed by atoms with van der Waals surface area (Å²) in [5.74, 6) is 0. The van der Waals surface area contributed by atoms with Gasteiger partial charge in [0.25, 0.3) is 0 Å². The van der Waals surface area contributed by atoms with Crippen molar-refractivity contribution >= 4 is 32.5 Å². The van der Waals surface area contributed by atoms with Gasteiger partial charge in [0.15, 0.2) is 0 Å². The number of aromatic amines is 1. The van der Waals surface area contributed by atoms with E-state index >= 15 is 0 Å². The summed E-state index contributed by atoms with van der Waals surface area (Å²) in [6.07, 6.45) is 2.14. The molecule has 0 saturated carbocycles. The fraction of sp³-hybridized carbons (Fsp3) is 0.222. The lowest BCUT2D eigenvalue weighted by Gasteiger charge is -2.27. The Labute approximate surface area is 132 Å². The minimum atomic E-state index is 0.0635. The van der Waals surface area contributed by atoms with E-state index in [0.29, 0.717) is 0 Å². The quantitative estimate of drug-likeness (QED) is 0.611. The molecule has 0 bridgehead atoms. The second kappa shape index (κ2) is 4.38. The van der Waals surface area contributed by atoms with Crippen LogP contribution >= 0.6 is 15.9 Å². The lowest BCUT2D eigenvalue weighted by molar-refractivity contribution is 0.476. The minimum absolute atomic E-state index is 0.0635. The van der Waals surface area contributed by atoms with Gasteiger partial charge in [0.2, 0.25) is 0 Å². The van der Waals surface area contributed by atoms with Gasteiger partial charge < -0.3 is 10.3 Å². The minimum Gasteiger partial charge on any atom is -0.377 e. The number of halogens is 1. The summed E-state index contributed by atoms with van der Waals surface area (Å²) in [5, 5.41) is 4.98. The molecule has 0 spiro atoms. The van der Waals surface area contributed by atoms with Crippen LogP contribution < -0.4 is 5.32 Å². The molecule has 3 heteroatoms. The Morgan fingerprint density at radius 2 is 1.90 bits per heavy atom. The molecule has 0 fully saturated rings. The summed E-state index contributed by atoms with van der Waals surface area (Å²) in [5.41, 5.74) is 5.21. The Kier molecular flexibility index (Phi) is 2.70. The summed E-state index contributed by atoms with van der Waals surface area (Å²) in [4.78, 5) is 3.40. The van der Waals surface area contributed by atoms with Crippen molar-refractivity contribution in [2.75, 3.05) is 5.32 Å². The number of anilines is 1. The monoisotopic (exact) mass is 340 g/mol. The number of fused-ring (bicyclic) bond motifs is 2. The molecule has 4 rings (SSSR count). The maximum atomic E-state index is 3.70. The third-order valence-electron chi connectivity index (χ3n) is 4.63. The number of benzene rings is 2. The molecule has 0 radical (unpaired) electrons. The number of para-hydroxylation sites is 1. The molecule has 1 aliphatic heterocycles. The number of hydrogen-bond acceptors (Lipinski definition) is 1. The molecule has 1 unspecified atom stereocenters. The maximum Gasteiger partial charge on any atom is 0.0626 e. The summed E-state index contributed by atoms with van der Waals surface area (Å²) >= 11 is 3.58. The van der Waals surface area contributed by atoms with Gasteiger partial charge in [-0.2, -0.15) is 0 Å².